The molecular formula is C13H26INO3S. The van der Waals surface area contributed by atoms with Gasteiger partial charge >= 0.3 is 0 Å². The van der Waals surface area contributed by atoms with Gasteiger partial charge in [-0.3, -0.25) is 9.69 Å². The highest BCUT2D eigenvalue weighted by atomic mass is 127. The van der Waals surface area contributed by atoms with Crippen molar-refractivity contribution >= 4 is 36.6 Å². The maximum atomic E-state index is 9.45. The number of halogens is 1. The molecule has 0 bridgehead atoms. The standard InChI is InChI=1S/C10H21NO.C3H5IO2S/c1-10(2,3)4-5-11-6-8-12-9-7-11;4-7-2-1-6-3-5/h4-9H2,1-3H3;3H,1-2H2. The Balaban J connectivity index is 0.000000399. The van der Waals surface area contributed by atoms with Crippen LogP contribution in [0.4, 0.5) is 0 Å². The van der Waals surface area contributed by atoms with Gasteiger partial charge in [-0.25, -0.2) is 0 Å². The Morgan fingerprint density at radius 3 is 2.47 bits per heavy atom. The molecule has 1 heterocycles. The van der Waals surface area contributed by atoms with Gasteiger partial charge in [0.05, 0.1) is 13.2 Å². The number of nitrogens with zero attached hydrogens (tertiary/aromatic N) is 1. The van der Waals surface area contributed by atoms with Gasteiger partial charge in [-0.15, -0.1) is 0 Å². The number of hydrogen-bond acceptors (Lipinski definition) is 5. The third kappa shape index (κ3) is 14.7. The highest BCUT2D eigenvalue weighted by Gasteiger charge is 2.14. The zero-order chi connectivity index (χ0) is 14.6. The molecule has 0 atom stereocenters. The van der Waals surface area contributed by atoms with E-state index in [9.17, 15) is 4.79 Å². The minimum absolute atomic E-state index is 0.465. The van der Waals surface area contributed by atoms with E-state index in [0.29, 0.717) is 18.5 Å². The van der Waals surface area contributed by atoms with E-state index >= 15 is 0 Å². The summed E-state index contributed by atoms with van der Waals surface area (Å²) in [5.74, 6) is 0.874. The Morgan fingerprint density at radius 2 is 2.00 bits per heavy atom. The lowest BCUT2D eigenvalue weighted by Crippen LogP contribution is -2.37. The maximum absolute atomic E-state index is 9.45. The van der Waals surface area contributed by atoms with Gasteiger partial charge < -0.3 is 9.47 Å². The van der Waals surface area contributed by atoms with Gasteiger partial charge in [0, 0.05) is 18.8 Å². The average molecular weight is 403 g/mol. The van der Waals surface area contributed by atoms with Crippen LogP contribution in [-0.2, 0) is 14.3 Å². The molecule has 6 heteroatoms. The van der Waals surface area contributed by atoms with Crippen LogP contribution in [0.15, 0.2) is 0 Å². The lowest BCUT2D eigenvalue weighted by atomic mass is 9.92. The first-order valence-corrected chi connectivity index (χ1v) is 10.1. The second kappa shape index (κ2) is 12.2. The second-order valence-corrected chi connectivity index (χ2v) is 8.04. The van der Waals surface area contributed by atoms with E-state index in [0.717, 1.165) is 32.1 Å². The predicted octanol–water partition coefficient (Wildman–Crippen LogP) is 3.00. The van der Waals surface area contributed by atoms with E-state index in [2.05, 4.69) is 51.6 Å². The fraction of sp³-hybridized carbons (Fsp3) is 0.923. The van der Waals surface area contributed by atoms with Gasteiger partial charge in [-0.05, 0) is 39.6 Å². The van der Waals surface area contributed by atoms with Crippen molar-refractivity contribution in [3.63, 3.8) is 0 Å². The van der Waals surface area contributed by atoms with Crippen molar-refractivity contribution in [3.8, 4) is 0 Å². The topological polar surface area (TPSA) is 38.8 Å². The van der Waals surface area contributed by atoms with Crippen molar-refractivity contribution in [3.05, 3.63) is 0 Å². The molecule has 1 aliphatic rings. The van der Waals surface area contributed by atoms with Gasteiger partial charge in [-0.2, -0.15) is 0 Å². The largest absolute Gasteiger partial charge is 0.467 e. The fourth-order valence-electron chi connectivity index (χ4n) is 1.45. The third-order valence-corrected chi connectivity index (χ3v) is 4.27. The van der Waals surface area contributed by atoms with Gasteiger partial charge in [-0.1, -0.05) is 29.7 Å². The zero-order valence-corrected chi connectivity index (χ0v) is 15.2. The molecule has 0 aromatic carbocycles. The first-order chi connectivity index (χ1) is 8.99. The van der Waals surface area contributed by atoms with Gasteiger partial charge in [0.1, 0.15) is 6.61 Å². The summed E-state index contributed by atoms with van der Waals surface area (Å²) in [5, 5.41) is 0. The zero-order valence-electron chi connectivity index (χ0n) is 12.2. The quantitative estimate of drug-likeness (QED) is 0.387. The summed E-state index contributed by atoms with van der Waals surface area (Å²) < 4.78 is 9.66. The molecule has 0 aromatic rings. The summed E-state index contributed by atoms with van der Waals surface area (Å²) in [6.45, 7) is 13.2. The van der Waals surface area contributed by atoms with E-state index in [1.807, 2.05) is 0 Å². The van der Waals surface area contributed by atoms with Crippen LogP contribution >= 0.6 is 30.1 Å². The molecule has 19 heavy (non-hydrogen) atoms. The van der Waals surface area contributed by atoms with E-state index in [-0.39, 0.29) is 0 Å². The highest BCUT2D eigenvalue weighted by Crippen LogP contribution is 2.18. The van der Waals surface area contributed by atoms with Crippen molar-refractivity contribution in [2.24, 2.45) is 5.41 Å². The smallest absolute Gasteiger partial charge is 0.293 e. The Kier molecular flexibility index (Phi) is 12.5. The summed E-state index contributed by atoms with van der Waals surface area (Å²) in [4.78, 5) is 11.9. The monoisotopic (exact) mass is 403 g/mol. The van der Waals surface area contributed by atoms with Crippen LogP contribution in [0, 0.1) is 5.41 Å². The molecule has 1 fully saturated rings. The molecular weight excluding hydrogens is 377 g/mol. The fourth-order valence-corrected chi connectivity index (χ4v) is 2.14. The number of hydrogen-bond donors (Lipinski definition) is 0. The first-order valence-electron chi connectivity index (χ1n) is 6.58. The van der Waals surface area contributed by atoms with Gasteiger partial charge in [0.2, 0.25) is 0 Å². The molecule has 0 N–H and O–H groups in total. The highest BCUT2D eigenvalue weighted by molar-refractivity contribution is 14.2. The molecule has 0 saturated carbocycles. The lowest BCUT2D eigenvalue weighted by molar-refractivity contribution is -0.128. The molecule has 0 aliphatic carbocycles. The molecule has 0 radical (unpaired) electrons. The minimum atomic E-state index is 0.465. The third-order valence-electron chi connectivity index (χ3n) is 2.63. The van der Waals surface area contributed by atoms with Crippen LogP contribution in [-0.4, -0.2) is 56.6 Å². The maximum Gasteiger partial charge on any atom is 0.293 e. The minimum Gasteiger partial charge on any atom is -0.467 e. The summed E-state index contributed by atoms with van der Waals surface area (Å²) >= 11 is 2.15. The molecule has 1 rings (SSSR count). The average Bonchev–Trinajstić information content (AvgIpc) is 2.38. The normalized spacial score (nSPS) is 16.4. The molecule has 1 aliphatic heterocycles. The number of carbonyl (C=O) groups is 1. The summed E-state index contributed by atoms with van der Waals surface area (Å²) in [5.41, 5.74) is 0.471. The lowest BCUT2D eigenvalue weighted by Gasteiger charge is -2.29. The van der Waals surface area contributed by atoms with Crippen LogP contribution in [0.25, 0.3) is 0 Å². The van der Waals surface area contributed by atoms with Gasteiger partial charge in [0.15, 0.2) is 0 Å². The molecule has 0 aromatic heterocycles. The SMILES string of the molecule is CC(C)(C)CCN1CCOCC1.O=COCCSI. The number of carbonyl (C=O) groups excluding carboxylic acids is 1. The van der Waals surface area contributed by atoms with E-state index in [1.165, 1.54) is 13.0 Å². The first kappa shape index (κ1) is 19.5. The number of ether oxygens (including phenoxy) is 2. The van der Waals surface area contributed by atoms with Crippen molar-refractivity contribution in [2.75, 3.05) is 45.2 Å². The Morgan fingerprint density at radius 1 is 1.37 bits per heavy atom. The molecule has 0 unspecified atom stereocenters. The molecule has 0 spiro atoms. The van der Waals surface area contributed by atoms with Crippen LogP contribution in [0.1, 0.15) is 27.2 Å². The predicted molar refractivity (Wildman–Crippen MR) is 89.8 cm³/mol. The summed E-state index contributed by atoms with van der Waals surface area (Å²) in [7, 11) is 1.63. The Labute approximate surface area is 133 Å². The van der Waals surface area contributed by atoms with Gasteiger partial charge in [0.25, 0.3) is 6.47 Å². The van der Waals surface area contributed by atoms with Crippen molar-refractivity contribution in [1.82, 2.24) is 4.90 Å². The summed E-state index contributed by atoms with van der Waals surface area (Å²) in [6, 6.07) is 0. The molecule has 1 saturated heterocycles. The van der Waals surface area contributed by atoms with Crippen molar-refractivity contribution in [1.29, 1.82) is 0 Å². The number of rotatable bonds is 6. The number of morpholine rings is 1. The Hall–Kier alpha value is 0.470. The van der Waals surface area contributed by atoms with Crippen LogP contribution < -0.4 is 0 Å². The van der Waals surface area contributed by atoms with E-state index < -0.39 is 0 Å². The molecule has 4 nitrogen and oxygen atoms in total. The summed E-state index contributed by atoms with van der Waals surface area (Å²) in [6.07, 6.45) is 1.28. The van der Waals surface area contributed by atoms with Crippen LogP contribution in [0.2, 0.25) is 0 Å². The Bertz CT molecular complexity index is 218. The van der Waals surface area contributed by atoms with Crippen molar-refractivity contribution < 1.29 is 14.3 Å². The molecule has 0 amide bonds. The van der Waals surface area contributed by atoms with E-state index in [4.69, 9.17) is 4.74 Å². The van der Waals surface area contributed by atoms with Crippen molar-refractivity contribution in [2.45, 2.75) is 27.2 Å². The van der Waals surface area contributed by atoms with Crippen LogP contribution in [0.3, 0.4) is 0 Å². The van der Waals surface area contributed by atoms with E-state index in [1.54, 1.807) is 8.93 Å². The second-order valence-electron chi connectivity index (χ2n) is 5.54. The molecule has 114 valence electrons. The van der Waals surface area contributed by atoms with Crippen LogP contribution in [0.5, 0.6) is 0 Å².